The summed E-state index contributed by atoms with van der Waals surface area (Å²) in [6.45, 7) is 6.09. The Kier molecular flexibility index (Phi) is 6.73. The normalized spacial score (nSPS) is 11.4. The Morgan fingerprint density at radius 2 is 1.60 bits per heavy atom. The molecule has 1 aromatic heterocycles. The molecule has 8 heteroatoms. The van der Waals surface area contributed by atoms with Gasteiger partial charge in [-0.25, -0.2) is 4.79 Å². The minimum absolute atomic E-state index is 0.0581. The fourth-order valence-electron chi connectivity index (χ4n) is 2.26. The van der Waals surface area contributed by atoms with Crippen LogP contribution in [0.15, 0.2) is 4.79 Å². The fraction of sp³-hybridized carbons (Fsp3) is 0.750. The SMILES string of the molecule is CC(C)c1c(O)n(CCCNN)c(=O)n1CCCNN. The van der Waals surface area contributed by atoms with Gasteiger partial charge >= 0.3 is 5.69 Å². The Morgan fingerprint density at radius 3 is 2.05 bits per heavy atom. The van der Waals surface area contributed by atoms with Crippen LogP contribution in [0, 0.1) is 0 Å². The van der Waals surface area contributed by atoms with E-state index in [4.69, 9.17) is 11.7 Å². The van der Waals surface area contributed by atoms with Crippen LogP contribution in [0.25, 0.3) is 0 Å². The number of hydrazine groups is 2. The Morgan fingerprint density at radius 1 is 1.10 bits per heavy atom. The lowest BCUT2D eigenvalue weighted by Crippen LogP contribution is -2.30. The van der Waals surface area contributed by atoms with Crippen LogP contribution in [0.3, 0.4) is 0 Å². The van der Waals surface area contributed by atoms with Gasteiger partial charge in [-0.15, -0.1) is 0 Å². The summed E-state index contributed by atoms with van der Waals surface area (Å²) in [7, 11) is 0. The molecule has 0 aliphatic heterocycles. The van der Waals surface area contributed by atoms with E-state index in [1.807, 2.05) is 13.8 Å². The lowest BCUT2D eigenvalue weighted by atomic mass is 10.1. The zero-order chi connectivity index (χ0) is 15.1. The van der Waals surface area contributed by atoms with Gasteiger partial charge in [0, 0.05) is 26.2 Å². The average Bonchev–Trinajstić information content (AvgIpc) is 2.63. The van der Waals surface area contributed by atoms with Crippen LogP contribution in [0.2, 0.25) is 0 Å². The second-order valence-corrected chi connectivity index (χ2v) is 5.06. The zero-order valence-corrected chi connectivity index (χ0v) is 12.2. The highest BCUT2D eigenvalue weighted by Gasteiger charge is 2.20. The Bertz CT molecular complexity index is 465. The predicted octanol–water partition coefficient (Wildman–Crippen LogP) is -0.814. The van der Waals surface area contributed by atoms with Crippen LogP contribution in [-0.4, -0.2) is 27.3 Å². The standard InChI is InChI=1S/C12H26N6O2/c1-9(2)10-11(19)18(8-4-6-16-14)12(20)17(10)7-3-5-15-13/h9,15-16,19H,3-8,13-14H2,1-2H3. The number of rotatable bonds is 9. The van der Waals surface area contributed by atoms with Crippen LogP contribution in [0.1, 0.15) is 38.3 Å². The molecule has 0 aliphatic carbocycles. The van der Waals surface area contributed by atoms with Crippen LogP contribution in [-0.2, 0) is 13.1 Å². The van der Waals surface area contributed by atoms with Crippen molar-refractivity contribution in [2.45, 2.75) is 45.7 Å². The third kappa shape index (κ3) is 3.83. The molecule has 0 amide bonds. The molecule has 0 atom stereocenters. The summed E-state index contributed by atoms with van der Waals surface area (Å²) in [6.07, 6.45) is 1.40. The van der Waals surface area contributed by atoms with Gasteiger partial charge in [0.25, 0.3) is 0 Å². The maximum Gasteiger partial charge on any atom is 0.331 e. The van der Waals surface area contributed by atoms with Crippen molar-refractivity contribution in [2.24, 2.45) is 11.7 Å². The molecule has 0 bridgehead atoms. The topological polar surface area (TPSA) is 123 Å². The number of aromatic hydroxyl groups is 1. The zero-order valence-electron chi connectivity index (χ0n) is 12.2. The van der Waals surface area contributed by atoms with Crippen molar-refractivity contribution >= 4 is 0 Å². The lowest BCUT2D eigenvalue weighted by Gasteiger charge is -2.09. The van der Waals surface area contributed by atoms with E-state index in [0.29, 0.717) is 38.3 Å². The summed E-state index contributed by atoms with van der Waals surface area (Å²) in [5, 5.41) is 10.3. The second-order valence-electron chi connectivity index (χ2n) is 5.06. The lowest BCUT2D eigenvalue weighted by molar-refractivity contribution is 0.400. The maximum absolute atomic E-state index is 12.4. The minimum atomic E-state index is -0.180. The van der Waals surface area contributed by atoms with Crippen molar-refractivity contribution in [1.82, 2.24) is 20.0 Å². The second kappa shape index (κ2) is 8.05. The van der Waals surface area contributed by atoms with E-state index >= 15 is 0 Å². The average molecular weight is 286 g/mol. The van der Waals surface area contributed by atoms with E-state index in [1.54, 1.807) is 4.57 Å². The smallest absolute Gasteiger partial charge is 0.331 e. The molecule has 1 heterocycles. The summed E-state index contributed by atoms with van der Waals surface area (Å²) < 4.78 is 3.04. The number of hydrogen-bond donors (Lipinski definition) is 5. The molecule has 0 aromatic carbocycles. The monoisotopic (exact) mass is 286 g/mol. The maximum atomic E-state index is 12.4. The molecule has 116 valence electrons. The molecule has 0 saturated carbocycles. The van der Waals surface area contributed by atoms with Gasteiger partial charge in [0.15, 0.2) is 0 Å². The molecule has 20 heavy (non-hydrogen) atoms. The first kappa shape index (κ1) is 16.7. The molecule has 1 aromatic rings. The number of nitrogens with two attached hydrogens (primary N) is 2. The van der Waals surface area contributed by atoms with E-state index < -0.39 is 0 Å². The molecule has 0 saturated heterocycles. The molecule has 8 nitrogen and oxygen atoms in total. The number of imidazole rings is 1. The van der Waals surface area contributed by atoms with Gasteiger partial charge in [0.2, 0.25) is 5.88 Å². The van der Waals surface area contributed by atoms with Crippen molar-refractivity contribution < 1.29 is 5.11 Å². The molecule has 7 N–H and O–H groups in total. The van der Waals surface area contributed by atoms with Gasteiger partial charge in [0.05, 0.1) is 5.69 Å². The van der Waals surface area contributed by atoms with Gasteiger partial charge in [-0.05, 0) is 18.8 Å². The largest absolute Gasteiger partial charge is 0.493 e. The minimum Gasteiger partial charge on any atom is -0.493 e. The first-order valence-electron chi connectivity index (χ1n) is 6.93. The number of aromatic nitrogens is 2. The molecule has 1 rings (SSSR count). The summed E-state index contributed by atoms with van der Waals surface area (Å²) >= 11 is 0. The molecular weight excluding hydrogens is 260 g/mol. The summed E-state index contributed by atoms with van der Waals surface area (Å²) in [5.74, 6) is 10.6. The van der Waals surface area contributed by atoms with Gasteiger partial charge in [-0.3, -0.25) is 31.7 Å². The Hall–Kier alpha value is -1.35. The summed E-state index contributed by atoms with van der Waals surface area (Å²) in [4.78, 5) is 12.4. The molecular formula is C12H26N6O2. The quantitative estimate of drug-likeness (QED) is 0.230. The molecule has 0 spiro atoms. The third-order valence-electron chi connectivity index (χ3n) is 3.19. The van der Waals surface area contributed by atoms with Gasteiger partial charge in [0.1, 0.15) is 0 Å². The number of nitrogens with one attached hydrogen (secondary N) is 2. The number of hydrogen-bond acceptors (Lipinski definition) is 6. The van der Waals surface area contributed by atoms with E-state index in [-0.39, 0.29) is 17.5 Å². The summed E-state index contributed by atoms with van der Waals surface area (Å²) in [5.41, 5.74) is 5.59. The van der Waals surface area contributed by atoms with E-state index in [1.165, 1.54) is 4.57 Å². The first-order valence-corrected chi connectivity index (χ1v) is 6.93. The van der Waals surface area contributed by atoms with Crippen molar-refractivity contribution in [3.8, 4) is 5.88 Å². The van der Waals surface area contributed by atoms with E-state index in [2.05, 4.69) is 10.9 Å². The van der Waals surface area contributed by atoms with Crippen molar-refractivity contribution in [2.75, 3.05) is 13.1 Å². The molecule has 0 aliphatic rings. The highest BCUT2D eigenvalue weighted by atomic mass is 16.3. The van der Waals surface area contributed by atoms with Crippen LogP contribution in [0.5, 0.6) is 5.88 Å². The highest BCUT2D eigenvalue weighted by molar-refractivity contribution is 5.23. The van der Waals surface area contributed by atoms with Crippen molar-refractivity contribution in [3.63, 3.8) is 0 Å². The van der Waals surface area contributed by atoms with Crippen molar-refractivity contribution in [3.05, 3.63) is 16.2 Å². The van der Waals surface area contributed by atoms with Gasteiger partial charge in [-0.2, -0.15) is 0 Å². The summed E-state index contributed by atoms with van der Waals surface area (Å²) in [6, 6.07) is 0. The van der Waals surface area contributed by atoms with Gasteiger partial charge in [-0.1, -0.05) is 13.8 Å². The third-order valence-corrected chi connectivity index (χ3v) is 3.19. The van der Waals surface area contributed by atoms with Crippen LogP contribution >= 0.6 is 0 Å². The first-order chi connectivity index (χ1) is 9.54. The Balaban J connectivity index is 3.01. The van der Waals surface area contributed by atoms with Crippen LogP contribution in [0.4, 0.5) is 0 Å². The fourth-order valence-corrected chi connectivity index (χ4v) is 2.26. The predicted molar refractivity (Wildman–Crippen MR) is 78.1 cm³/mol. The van der Waals surface area contributed by atoms with Crippen LogP contribution < -0.4 is 28.2 Å². The van der Waals surface area contributed by atoms with Crippen molar-refractivity contribution in [1.29, 1.82) is 0 Å². The molecule has 0 fully saturated rings. The highest BCUT2D eigenvalue weighted by Crippen LogP contribution is 2.24. The van der Waals surface area contributed by atoms with E-state index in [0.717, 1.165) is 6.42 Å². The molecule has 0 unspecified atom stereocenters. The number of nitrogens with zero attached hydrogens (tertiary/aromatic N) is 2. The van der Waals surface area contributed by atoms with E-state index in [9.17, 15) is 9.90 Å². The Labute approximate surface area is 118 Å². The molecule has 0 radical (unpaired) electrons. The van der Waals surface area contributed by atoms with Gasteiger partial charge < -0.3 is 5.11 Å².